The zero-order valence-electron chi connectivity index (χ0n) is 26.4. The number of rotatable bonds is 10. The molecule has 3 heterocycles. The van der Waals surface area contributed by atoms with Gasteiger partial charge in [0.15, 0.2) is 5.76 Å². The molecule has 0 saturated heterocycles. The van der Waals surface area contributed by atoms with Crippen LogP contribution in [-0.4, -0.2) is 36.4 Å². The average molecular weight is 604 g/mol. The highest BCUT2D eigenvalue weighted by atomic mass is 16.5. The molecule has 5 aromatic rings. The van der Waals surface area contributed by atoms with Gasteiger partial charge in [0.25, 0.3) is 0 Å². The first-order chi connectivity index (χ1) is 22.1. The fourth-order valence-electron chi connectivity index (χ4n) is 6.72. The van der Waals surface area contributed by atoms with Gasteiger partial charge in [-0.05, 0) is 78.7 Å². The van der Waals surface area contributed by atoms with Gasteiger partial charge in [-0.2, -0.15) is 0 Å². The second-order valence-corrected chi connectivity index (χ2v) is 12.4. The molecule has 232 valence electrons. The minimum Gasteiger partial charge on any atom is -0.496 e. The van der Waals surface area contributed by atoms with Crippen LogP contribution in [0.1, 0.15) is 66.6 Å². The van der Waals surface area contributed by atoms with Crippen LogP contribution in [0.3, 0.4) is 0 Å². The molecule has 0 radical (unpaired) electrons. The summed E-state index contributed by atoms with van der Waals surface area (Å²) in [6.07, 6.45) is 10.5. The van der Waals surface area contributed by atoms with E-state index in [0.717, 1.165) is 48.3 Å². The molecule has 2 unspecified atom stereocenters. The average Bonchev–Trinajstić information content (AvgIpc) is 3.80. The zero-order valence-corrected chi connectivity index (χ0v) is 26.4. The van der Waals surface area contributed by atoms with Gasteiger partial charge in [0, 0.05) is 12.1 Å². The van der Waals surface area contributed by atoms with Gasteiger partial charge in [0.1, 0.15) is 28.6 Å². The molecule has 2 aromatic heterocycles. The summed E-state index contributed by atoms with van der Waals surface area (Å²) in [5.74, 6) is 4.70. The lowest BCUT2D eigenvalue weighted by atomic mass is 9.78. The molecule has 0 N–H and O–H groups in total. The van der Waals surface area contributed by atoms with E-state index in [9.17, 15) is 0 Å². The molecule has 1 saturated carbocycles. The third kappa shape index (κ3) is 6.35. The first kappa shape index (κ1) is 29.2. The first-order valence-electron chi connectivity index (χ1n) is 16.2. The fourth-order valence-corrected chi connectivity index (χ4v) is 6.72. The summed E-state index contributed by atoms with van der Waals surface area (Å²) in [6, 6.07) is 24.3. The molecule has 3 aromatic carbocycles. The standard InChI is InChI=1S/C38H41N3O4/c1-4-25-8-10-26(11-9-25)12-13-27-14-16-29(17-15-27)30-7-5-6-28(18-30)24-44-34-19-31(42-2)20-35-32(34)21-36(45-35)33-23-41-37(39-33)22-38(40-41)43-3/h8-11,14-17,19-21,23,28,30H,4-7,12-13,18,22,24H2,1-3H3. The molecule has 7 nitrogen and oxygen atoms in total. The Bertz CT molecular complexity index is 1800. The molecule has 0 spiro atoms. The van der Waals surface area contributed by atoms with E-state index in [-0.39, 0.29) is 0 Å². The first-order valence-corrected chi connectivity index (χ1v) is 16.2. The maximum atomic E-state index is 6.53. The van der Waals surface area contributed by atoms with Crippen LogP contribution in [0.2, 0.25) is 0 Å². The van der Waals surface area contributed by atoms with Crippen LogP contribution >= 0.6 is 0 Å². The van der Waals surface area contributed by atoms with Gasteiger partial charge in [0.2, 0.25) is 5.90 Å². The van der Waals surface area contributed by atoms with Crippen LogP contribution in [0.15, 0.2) is 82.4 Å². The van der Waals surface area contributed by atoms with E-state index in [0.29, 0.717) is 47.9 Å². The molecule has 1 fully saturated rings. The van der Waals surface area contributed by atoms with E-state index in [4.69, 9.17) is 23.6 Å². The topological polar surface area (TPSA) is 71.0 Å². The van der Waals surface area contributed by atoms with E-state index >= 15 is 0 Å². The van der Waals surface area contributed by atoms with E-state index < -0.39 is 0 Å². The Kier molecular flexibility index (Phi) is 8.33. The third-order valence-corrected chi connectivity index (χ3v) is 9.43. The Morgan fingerprint density at radius 1 is 0.889 bits per heavy atom. The third-order valence-electron chi connectivity index (χ3n) is 9.43. The Morgan fingerprint density at radius 2 is 1.64 bits per heavy atom. The highest BCUT2D eigenvalue weighted by Gasteiger charge is 2.25. The van der Waals surface area contributed by atoms with E-state index in [2.05, 4.69) is 60.6 Å². The largest absolute Gasteiger partial charge is 0.496 e. The lowest BCUT2D eigenvalue weighted by molar-refractivity contribution is 0.198. The maximum absolute atomic E-state index is 6.53. The number of ether oxygens (including phenoxy) is 3. The Labute approximate surface area is 264 Å². The molecular formula is C38H41N3O4. The van der Waals surface area contributed by atoms with E-state index in [1.807, 2.05) is 24.4 Å². The van der Waals surface area contributed by atoms with Crippen LogP contribution in [0, 0.1) is 5.92 Å². The lowest BCUT2D eigenvalue weighted by Gasteiger charge is -2.29. The van der Waals surface area contributed by atoms with Gasteiger partial charge in [-0.15, -0.1) is 5.10 Å². The van der Waals surface area contributed by atoms with Crippen molar-refractivity contribution in [3.8, 4) is 23.0 Å². The van der Waals surface area contributed by atoms with Gasteiger partial charge >= 0.3 is 0 Å². The van der Waals surface area contributed by atoms with Gasteiger partial charge in [-0.1, -0.05) is 61.9 Å². The molecule has 7 rings (SSSR count). The predicted octanol–water partition coefficient (Wildman–Crippen LogP) is 8.37. The summed E-state index contributed by atoms with van der Waals surface area (Å²) in [5, 5.41) is 5.34. The van der Waals surface area contributed by atoms with Crippen LogP contribution in [0.5, 0.6) is 11.5 Å². The molecule has 1 aliphatic heterocycles. The van der Waals surface area contributed by atoms with Gasteiger partial charge in [-0.25, -0.2) is 9.66 Å². The van der Waals surface area contributed by atoms with Crippen molar-refractivity contribution < 1.29 is 18.6 Å². The number of aryl methyl sites for hydroxylation is 3. The van der Waals surface area contributed by atoms with Crippen molar-refractivity contribution in [3.63, 3.8) is 0 Å². The number of hydrogen-bond acceptors (Lipinski definition) is 6. The number of aromatic nitrogens is 2. The second-order valence-electron chi connectivity index (χ2n) is 12.4. The maximum Gasteiger partial charge on any atom is 0.214 e. The SMILES string of the molecule is CCc1ccc(CCc2ccc(C3CCCC(COc4cc(OC)cc5oc(-c6cn7c(n6)CC(OC)=N7)cc45)C3)cc2)cc1. The summed E-state index contributed by atoms with van der Waals surface area (Å²) in [7, 11) is 3.29. The fraction of sp³-hybridized carbons (Fsp3) is 0.368. The highest BCUT2D eigenvalue weighted by molar-refractivity contribution is 5.89. The number of nitrogens with zero attached hydrogens (tertiary/aromatic N) is 3. The number of benzene rings is 3. The van der Waals surface area contributed by atoms with Gasteiger partial charge in [-0.3, -0.25) is 0 Å². The number of furan rings is 1. The lowest BCUT2D eigenvalue weighted by Crippen LogP contribution is -2.20. The summed E-state index contributed by atoms with van der Waals surface area (Å²) in [6.45, 7) is 2.87. The normalized spacial score (nSPS) is 17.7. The summed E-state index contributed by atoms with van der Waals surface area (Å²) in [4.78, 5) is 4.72. The molecule has 1 aliphatic carbocycles. The second kappa shape index (κ2) is 12.8. The molecule has 2 atom stereocenters. The van der Waals surface area contributed by atoms with Crippen LogP contribution < -0.4 is 9.47 Å². The molecule has 7 heteroatoms. The van der Waals surface area contributed by atoms with Crippen molar-refractivity contribution in [2.45, 2.75) is 64.2 Å². The van der Waals surface area contributed by atoms with Crippen molar-refractivity contribution in [1.82, 2.24) is 9.66 Å². The Hall–Kier alpha value is -4.52. The summed E-state index contributed by atoms with van der Waals surface area (Å²) >= 11 is 0. The zero-order chi connectivity index (χ0) is 30.8. The van der Waals surface area contributed by atoms with E-state index in [1.54, 1.807) is 18.9 Å². The molecule has 0 bridgehead atoms. The predicted molar refractivity (Wildman–Crippen MR) is 177 cm³/mol. The Balaban J connectivity index is 0.997. The minimum absolute atomic E-state index is 0.492. The highest BCUT2D eigenvalue weighted by Crippen LogP contribution is 2.40. The number of imidazole rings is 1. The number of hydrogen-bond donors (Lipinski definition) is 0. The molecule has 0 amide bonds. The minimum atomic E-state index is 0.492. The summed E-state index contributed by atoms with van der Waals surface area (Å²) in [5.41, 5.74) is 7.12. The van der Waals surface area contributed by atoms with Crippen molar-refractivity contribution in [1.29, 1.82) is 0 Å². The number of fused-ring (bicyclic) bond motifs is 2. The van der Waals surface area contributed by atoms with E-state index in [1.165, 1.54) is 41.5 Å². The van der Waals surface area contributed by atoms with Crippen molar-refractivity contribution in [2.24, 2.45) is 11.0 Å². The van der Waals surface area contributed by atoms with Gasteiger partial charge in [0.05, 0.1) is 38.8 Å². The van der Waals surface area contributed by atoms with Gasteiger partial charge < -0.3 is 18.6 Å². The number of methoxy groups -OCH3 is 2. The van der Waals surface area contributed by atoms with Crippen molar-refractivity contribution in [2.75, 3.05) is 20.8 Å². The monoisotopic (exact) mass is 603 g/mol. The van der Waals surface area contributed by atoms with Crippen molar-refractivity contribution >= 4 is 16.9 Å². The van der Waals surface area contributed by atoms with Crippen LogP contribution in [0.25, 0.3) is 22.4 Å². The summed E-state index contributed by atoms with van der Waals surface area (Å²) < 4.78 is 25.4. The molecular weight excluding hydrogens is 562 g/mol. The Morgan fingerprint density at radius 3 is 2.36 bits per heavy atom. The molecule has 2 aliphatic rings. The quantitative estimate of drug-likeness (QED) is 0.160. The van der Waals surface area contributed by atoms with Crippen molar-refractivity contribution in [3.05, 3.63) is 101 Å². The smallest absolute Gasteiger partial charge is 0.214 e. The van der Waals surface area contributed by atoms with Crippen LogP contribution in [-0.2, 0) is 30.4 Å². The van der Waals surface area contributed by atoms with Crippen LogP contribution in [0.4, 0.5) is 0 Å². The molecule has 45 heavy (non-hydrogen) atoms.